The smallest absolute Gasteiger partial charge is 0.284 e. The van der Waals surface area contributed by atoms with Gasteiger partial charge in [0, 0.05) is 19.5 Å². The van der Waals surface area contributed by atoms with Crippen LogP contribution < -0.4 is 10.5 Å². The van der Waals surface area contributed by atoms with Crippen LogP contribution >= 0.6 is 0 Å². The maximum absolute atomic E-state index is 12.9. The molecule has 6 heteroatoms. The summed E-state index contributed by atoms with van der Waals surface area (Å²) in [5.41, 5.74) is -0.178. The number of hydrogen-bond donors (Lipinski definition) is 1. The zero-order valence-electron chi connectivity index (χ0n) is 7.77. The van der Waals surface area contributed by atoms with Gasteiger partial charge in [-0.2, -0.15) is 10.4 Å². The van der Waals surface area contributed by atoms with Crippen molar-refractivity contribution < 1.29 is 4.39 Å². The van der Waals surface area contributed by atoms with Crippen molar-refractivity contribution in [1.82, 2.24) is 10.2 Å². The first-order valence-electron chi connectivity index (χ1n) is 4.42. The number of anilines is 1. The van der Waals surface area contributed by atoms with Gasteiger partial charge < -0.3 is 4.90 Å². The fourth-order valence-electron chi connectivity index (χ4n) is 1.53. The zero-order valence-corrected chi connectivity index (χ0v) is 7.77. The first-order chi connectivity index (χ1) is 7.22. The molecule has 1 aliphatic heterocycles. The number of H-pyrrole nitrogens is 1. The average Bonchev–Trinajstić information content (AvgIpc) is 2.64. The van der Waals surface area contributed by atoms with Crippen LogP contribution in [0.5, 0.6) is 0 Å². The number of aromatic nitrogens is 2. The molecule has 0 aliphatic carbocycles. The van der Waals surface area contributed by atoms with Gasteiger partial charge in [-0.3, -0.25) is 4.79 Å². The lowest BCUT2D eigenvalue weighted by atomic mass is 10.2. The Morgan fingerprint density at radius 2 is 2.53 bits per heavy atom. The monoisotopic (exact) mass is 207 g/mol. The zero-order chi connectivity index (χ0) is 10.8. The Labute approximate surface area is 85.1 Å². The highest BCUT2D eigenvalue weighted by molar-refractivity contribution is 5.57. The number of halogens is 1. The van der Waals surface area contributed by atoms with Crippen molar-refractivity contribution in [3.8, 4) is 6.07 Å². The number of nitrogens with zero attached hydrogens (tertiary/aromatic N) is 3. The lowest BCUT2D eigenvalue weighted by molar-refractivity contribution is 0.409. The lowest BCUT2D eigenvalue weighted by Crippen LogP contribution is -2.25. The Hall–Kier alpha value is -1.90. The average molecular weight is 207 g/mol. The summed E-state index contributed by atoms with van der Waals surface area (Å²) < 4.78 is 12.9. The number of nitrogens with one attached hydrogen (secondary N) is 1. The minimum atomic E-state index is -1.02. The molecule has 5 nitrogen and oxygen atoms in total. The van der Waals surface area contributed by atoms with Gasteiger partial charge in [-0.1, -0.05) is 0 Å². The van der Waals surface area contributed by atoms with Crippen LogP contribution in [0.15, 0.2) is 11.0 Å². The van der Waals surface area contributed by atoms with Crippen LogP contribution in [0, 0.1) is 17.8 Å². The Balaban J connectivity index is 2.41. The molecule has 1 fully saturated rings. The predicted molar refractivity (Wildman–Crippen MR) is 51.0 cm³/mol. The molecule has 0 unspecified atom stereocenters. The van der Waals surface area contributed by atoms with E-state index in [1.54, 1.807) is 11.0 Å². The quantitative estimate of drug-likeness (QED) is 0.703. The van der Waals surface area contributed by atoms with E-state index in [4.69, 9.17) is 5.26 Å². The second kappa shape index (κ2) is 3.69. The molecule has 2 heterocycles. The minimum Gasteiger partial charge on any atom is -0.366 e. The first-order valence-corrected chi connectivity index (χ1v) is 4.42. The van der Waals surface area contributed by atoms with Crippen LogP contribution in [-0.2, 0) is 0 Å². The van der Waals surface area contributed by atoms with Crippen LogP contribution in [0.3, 0.4) is 0 Å². The highest BCUT2D eigenvalue weighted by atomic mass is 19.1. The van der Waals surface area contributed by atoms with E-state index in [2.05, 4.69) is 10.2 Å². The van der Waals surface area contributed by atoms with Crippen molar-refractivity contribution in [1.29, 1.82) is 5.26 Å². The topological polar surface area (TPSA) is 72.8 Å². The highest BCUT2D eigenvalue weighted by Gasteiger charge is 2.25. The Kier molecular flexibility index (Phi) is 2.37. The minimum absolute atomic E-state index is 0.0208. The number of aromatic amines is 1. The van der Waals surface area contributed by atoms with Gasteiger partial charge in [0.25, 0.3) is 5.56 Å². The van der Waals surface area contributed by atoms with Gasteiger partial charge in [-0.05, 0) is 0 Å². The van der Waals surface area contributed by atoms with E-state index in [1.807, 2.05) is 0 Å². The standard InChI is InChI=1S/C9H8FN4O/c10-6-1-2-14(5-6)8-4-12-13-9(15)7(8)3-11/h1,4,6H,2,5H2,(H,13,15)/t6-/m0/s1. The van der Waals surface area contributed by atoms with E-state index in [9.17, 15) is 9.18 Å². The molecule has 1 aliphatic rings. The third-order valence-electron chi connectivity index (χ3n) is 2.26. The molecule has 1 atom stereocenters. The number of rotatable bonds is 1. The maximum atomic E-state index is 12.9. The van der Waals surface area contributed by atoms with Crippen molar-refractivity contribution in [2.24, 2.45) is 0 Å². The predicted octanol–water partition coefficient (Wildman–Crippen LogP) is 0.00397. The van der Waals surface area contributed by atoms with Gasteiger partial charge >= 0.3 is 0 Å². The molecule has 0 amide bonds. The van der Waals surface area contributed by atoms with Crippen LogP contribution in [-0.4, -0.2) is 29.5 Å². The summed E-state index contributed by atoms with van der Waals surface area (Å²) in [6, 6.07) is 1.79. The number of nitriles is 1. The van der Waals surface area contributed by atoms with E-state index >= 15 is 0 Å². The molecule has 77 valence electrons. The maximum Gasteiger partial charge on any atom is 0.284 e. The van der Waals surface area contributed by atoms with Crippen LogP contribution in [0.4, 0.5) is 10.1 Å². The summed E-state index contributed by atoms with van der Waals surface area (Å²) >= 11 is 0. The van der Waals surface area contributed by atoms with Crippen molar-refractivity contribution in [2.75, 3.05) is 18.0 Å². The molecule has 0 aromatic carbocycles. The SMILES string of the molecule is N#Cc1c(N2C[CH][C@H](F)C2)cn[nH]c1=O. The lowest BCUT2D eigenvalue weighted by Gasteiger charge is -2.16. The van der Waals surface area contributed by atoms with Gasteiger partial charge in [-0.25, -0.2) is 9.49 Å². The Morgan fingerprint density at radius 1 is 1.73 bits per heavy atom. The molecule has 1 aromatic heterocycles. The molecule has 1 radical (unpaired) electrons. The Bertz CT molecular complexity index is 464. The van der Waals surface area contributed by atoms with Gasteiger partial charge in [0.05, 0.1) is 11.9 Å². The third-order valence-corrected chi connectivity index (χ3v) is 2.26. The Morgan fingerprint density at radius 3 is 3.13 bits per heavy atom. The molecular formula is C9H8FN4O. The summed E-state index contributed by atoms with van der Waals surface area (Å²) in [6.45, 7) is 0.556. The fraction of sp³-hybridized carbons (Fsp3) is 0.333. The summed E-state index contributed by atoms with van der Waals surface area (Å²) in [4.78, 5) is 12.9. The molecule has 1 saturated heterocycles. The number of hydrogen-bond acceptors (Lipinski definition) is 4. The molecular weight excluding hydrogens is 199 g/mol. The molecule has 0 bridgehead atoms. The van der Waals surface area contributed by atoms with Crippen LogP contribution in [0.25, 0.3) is 0 Å². The van der Waals surface area contributed by atoms with E-state index < -0.39 is 11.7 Å². The van der Waals surface area contributed by atoms with Crippen molar-refractivity contribution in [2.45, 2.75) is 6.17 Å². The normalized spacial score (nSPS) is 20.3. The van der Waals surface area contributed by atoms with Gasteiger partial charge in [0.1, 0.15) is 17.8 Å². The summed E-state index contributed by atoms with van der Waals surface area (Å²) in [6.07, 6.45) is 1.84. The van der Waals surface area contributed by atoms with E-state index in [0.29, 0.717) is 12.2 Å². The second-order valence-electron chi connectivity index (χ2n) is 3.23. The second-order valence-corrected chi connectivity index (χ2v) is 3.23. The van der Waals surface area contributed by atoms with Crippen LogP contribution in [0.2, 0.25) is 0 Å². The van der Waals surface area contributed by atoms with Crippen molar-refractivity contribution in [3.05, 3.63) is 28.5 Å². The molecule has 2 rings (SSSR count). The van der Waals surface area contributed by atoms with Gasteiger partial charge in [0.15, 0.2) is 0 Å². The summed E-state index contributed by atoms with van der Waals surface area (Å²) in [5.74, 6) is 0. The van der Waals surface area contributed by atoms with Crippen LogP contribution in [0.1, 0.15) is 5.56 Å². The van der Waals surface area contributed by atoms with Gasteiger partial charge in [0.2, 0.25) is 0 Å². The van der Waals surface area contributed by atoms with Crippen molar-refractivity contribution in [3.63, 3.8) is 0 Å². The molecule has 15 heavy (non-hydrogen) atoms. The number of alkyl halides is 1. The summed E-state index contributed by atoms with van der Waals surface area (Å²) in [5, 5.41) is 14.6. The van der Waals surface area contributed by atoms with E-state index in [0.717, 1.165) is 0 Å². The fourth-order valence-corrected chi connectivity index (χ4v) is 1.53. The highest BCUT2D eigenvalue weighted by Crippen LogP contribution is 2.21. The van der Waals surface area contributed by atoms with E-state index in [1.165, 1.54) is 12.6 Å². The molecule has 0 spiro atoms. The molecule has 1 aromatic rings. The van der Waals surface area contributed by atoms with Gasteiger partial charge in [-0.15, -0.1) is 0 Å². The summed E-state index contributed by atoms with van der Waals surface area (Å²) in [7, 11) is 0. The van der Waals surface area contributed by atoms with E-state index in [-0.39, 0.29) is 12.1 Å². The molecule has 1 N–H and O–H groups in total. The third kappa shape index (κ3) is 1.68. The largest absolute Gasteiger partial charge is 0.366 e. The van der Waals surface area contributed by atoms with Crippen molar-refractivity contribution >= 4 is 5.69 Å². The molecule has 0 saturated carbocycles. The first kappa shape index (κ1) is 9.65.